The van der Waals surface area contributed by atoms with Crippen molar-refractivity contribution in [2.45, 2.75) is 13.5 Å². The topological polar surface area (TPSA) is 35.8 Å². The van der Waals surface area contributed by atoms with Gasteiger partial charge in [0.25, 0.3) is 0 Å². The van der Waals surface area contributed by atoms with Gasteiger partial charge < -0.3 is 5.32 Å². The minimum atomic E-state index is -0.366. The normalized spacial score (nSPS) is 10.3. The lowest BCUT2D eigenvalue weighted by Crippen LogP contribution is -2.01. The zero-order chi connectivity index (χ0) is 14.0. The van der Waals surface area contributed by atoms with E-state index in [-0.39, 0.29) is 5.82 Å². The quantitative estimate of drug-likeness (QED) is 0.763. The summed E-state index contributed by atoms with van der Waals surface area (Å²) in [5.74, 6) is -0.366. The van der Waals surface area contributed by atoms with Crippen LogP contribution in [-0.2, 0) is 6.54 Å². The summed E-state index contributed by atoms with van der Waals surface area (Å²) in [5.41, 5.74) is 1.49. The summed E-state index contributed by atoms with van der Waals surface area (Å²) in [6, 6.07) is 6.87. The first-order chi connectivity index (χ1) is 9.01. The van der Waals surface area contributed by atoms with Gasteiger partial charge in [-0.3, -0.25) is 0 Å². The third-order valence-corrected chi connectivity index (χ3v) is 5.88. The molecule has 0 unspecified atom stereocenters. The van der Waals surface area contributed by atoms with E-state index in [1.807, 2.05) is 12.1 Å². The number of nitrogens with zero attached hydrogens (tertiary/aromatic N) is 1. The maximum Gasteiger partial charge on any atom is 0.129 e. The fourth-order valence-electron chi connectivity index (χ4n) is 1.59. The van der Waals surface area contributed by atoms with Gasteiger partial charge in [0.2, 0.25) is 0 Å². The Labute approximate surface area is 131 Å². The van der Waals surface area contributed by atoms with E-state index in [0.29, 0.717) is 23.4 Å². The molecule has 2 rings (SSSR count). The fraction of sp³-hybridized carbons (Fsp3) is 0.154. The van der Waals surface area contributed by atoms with Crippen LogP contribution in [0.1, 0.15) is 16.0 Å². The lowest BCUT2D eigenvalue weighted by Gasteiger charge is -2.09. The summed E-state index contributed by atoms with van der Waals surface area (Å²) in [4.78, 5) is 1.11. The van der Waals surface area contributed by atoms with Gasteiger partial charge in [0, 0.05) is 27.1 Å². The van der Waals surface area contributed by atoms with E-state index in [4.69, 9.17) is 5.26 Å². The van der Waals surface area contributed by atoms with E-state index in [1.54, 1.807) is 24.3 Å². The molecule has 0 saturated carbocycles. The molecule has 1 aromatic heterocycles. The Morgan fingerprint density at radius 3 is 2.68 bits per heavy atom. The first kappa shape index (κ1) is 14.5. The number of hydrogen-bond donors (Lipinski definition) is 1. The van der Waals surface area contributed by atoms with E-state index < -0.39 is 0 Å². The Bertz CT molecular complexity index is 642. The third-order valence-electron chi connectivity index (χ3n) is 2.62. The molecule has 1 N–H and O–H groups in total. The molecule has 2 aromatic rings. The molecule has 1 aromatic carbocycles. The molecule has 0 aliphatic rings. The molecular weight excluding hydrogens is 395 g/mol. The first-order valence-electron chi connectivity index (χ1n) is 5.39. The Morgan fingerprint density at radius 2 is 2.11 bits per heavy atom. The Kier molecular flexibility index (Phi) is 4.61. The zero-order valence-electron chi connectivity index (χ0n) is 9.93. The highest BCUT2D eigenvalue weighted by Crippen LogP contribution is 2.33. The van der Waals surface area contributed by atoms with Crippen LogP contribution in [0.2, 0.25) is 0 Å². The van der Waals surface area contributed by atoms with E-state index in [0.717, 1.165) is 13.1 Å². The number of halogens is 3. The van der Waals surface area contributed by atoms with Gasteiger partial charge in [-0.25, -0.2) is 4.39 Å². The van der Waals surface area contributed by atoms with Crippen LogP contribution in [0.25, 0.3) is 0 Å². The van der Waals surface area contributed by atoms with Crippen molar-refractivity contribution in [2.24, 2.45) is 0 Å². The lowest BCUT2D eigenvalue weighted by atomic mass is 10.1. The van der Waals surface area contributed by atoms with Crippen molar-refractivity contribution in [3.63, 3.8) is 0 Å². The van der Waals surface area contributed by atoms with Crippen molar-refractivity contribution in [3.05, 3.63) is 48.3 Å². The van der Waals surface area contributed by atoms with E-state index in [9.17, 15) is 4.39 Å². The second kappa shape index (κ2) is 6.04. The summed E-state index contributed by atoms with van der Waals surface area (Å²) in [6.45, 7) is 2.28. The highest BCUT2D eigenvalue weighted by molar-refractivity contribution is 9.13. The molecule has 0 atom stereocenters. The molecule has 0 fully saturated rings. The highest BCUT2D eigenvalue weighted by Gasteiger charge is 2.08. The van der Waals surface area contributed by atoms with Crippen molar-refractivity contribution in [1.29, 1.82) is 5.26 Å². The predicted octanol–water partition coefficient (Wildman–Crippen LogP) is 5.20. The van der Waals surface area contributed by atoms with Crippen LogP contribution in [0, 0.1) is 24.1 Å². The summed E-state index contributed by atoms with van der Waals surface area (Å²) < 4.78 is 15.6. The summed E-state index contributed by atoms with van der Waals surface area (Å²) in [5, 5.41) is 12.0. The number of benzene rings is 1. The molecule has 0 amide bonds. The van der Waals surface area contributed by atoms with Crippen LogP contribution >= 0.6 is 43.2 Å². The Hall–Kier alpha value is -0.900. The van der Waals surface area contributed by atoms with E-state index in [2.05, 4.69) is 37.2 Å². The van der Waals surface area contributed by atoms with Gasteiger partial charge in [-0.2, -0.15) is 5.26 Å². The van der Waals surface area contributed by atoms with Gasteiger partial charge in [-0.15, -0.1) is 11.3 Å². The van der Waals surface area contributed by atoms with Crippen LogP contribution in [0.5, 0.6) is 0 Å². The standard InChI is InChI=1S/C13H9Br2FN2S/c1-7-11(16)2-8(5-17)3-12(7)18-6-9-4-10(14)13(15)19-9/h2-4,18H,6H2,1H3. The molecule has 0 bridgehead atoms. The lowest BCUT2D eigenvalue weighted by molar-refractivity contribution is 0.618. The van der Waals surface area contributed by atoms with Crippen molar-refractivity contribution < 1.29 is 4.39 Å². The minimum Gasteiger partial charge on any atom is -0.380 e. The Balaban J connectivity index is 2.20. The van der Waals surface area contributed by atoms with Gasteiger partial charge in [0.15, 0.2) is 0 Å². The predicted molar refractivity (Wildman–Crippen MR) is 82.9 cm³/mol. The van der Waals surface area contributed by atoms with Crippen LogP contribution < -0.4 is 5.32 Å². The molecule has 98 valence electrons. The van der Waals surface area contributed by atoms with Gasteiger partial charge >= 0.3 is 0 Å². The second-order valence-corrected chi connectivity index (χ2v) is 7.24. The van der Waals surface area contributed by atoms with Gasteiger partial charge in [-0.05, 0) is 57.0 Å². The number of rotatable bonds is 3. The van der Waals surface area contributed by atoms with Crippen LogP contribution in [0.3, 0.4) is 0 Å². The molecule has 0 spiro atoms. The second-order valence-electron chi connectivity index (χ2n) is 3.93. The molecule has 19 heavy (non-hydrogen) atoms. The SMILES string of the molecule is Cc1c(F)cc(C#N)cc1NCc1cc(Br)c(Br)s1. The average molecular weight is 404 g/mol. The average Bonchev–Trinajstić information content (AvgIpc) is 2.70. The number of thiophene rings is 1. The summed E-state index contributed by atoms with van der Waals surface area (Å²) in [6.07, 6.45) is 0. The van der Waals surface area contributed by atoms with Crippen molar-refractivity contribution in [1.82, 2.24) is 0 Å². The van der Waals surface area contributed by atoms with Gasteiger partial charge in [-0.1, -0.05) is 0 Å². The first-order valence-corrected chi connectivity index (χ1v) is 7.79. The largest absolute Gasteiger partial charge is 0.380 e. The Morgan fingerprint density at radius 1 is 1.37 bits per heavy atom. The van der Waals surface area contributed by atoms with Gasteiger partial charge in [0.1, 0.15) is 5.82 Å². The van der Waals surface area contributed by atoms with Gasteiger partial charge in [0.05, 0.1) is 15.4 Å². The van der Waals surface area contributed by atoms with Crippen LogP contribution in [-0.4, -0.2) is 0 Å². The number of nitriles is 1. The molecule has 0 saturated heterocycles. The number of anilines is 1. The summed E-state index contributed by atoms with van der Waals surface area (Å²) >= 11 is 8.46. The minimum absolute atomic E-state index is 0.319. The number of hydrogen-bond acceptors (Lipinski definition) is 3. The van der Waals surface area contributed by atoms with Crippen LogP contribution in [0.4, 0.5) is 10.1 Å². The smallest absolute Gasteiger partial charge is 0.129 e. The molecule has 0 aliphatic heterocycles. The van der Waals surface area contributed by atoms with Crippen molar-refractivity contribution in [3.8, 4) is 6.07 Å². The van der Waals surface area contributed by atoms with E-state index in [1.165, 1.54) is 6.07 Å². The molecule has 6 heteroatoms. The van der Waals surface area contributed by atoms with E-state index >= 15 is 0 Å². The summed E-state index contributed by atoms with van der Waals surface area (Å²) in [7, 11) is 0. The maximum absolute atomic E-state index is 13.6. The van der Waals surface area contributed by atoms with Crippen molar-refractivity contribution in [2.75, 3.05) is 5.32 Å². The third kappa shape index (κ3) is 3.35. The zero-order valence-corrected chi connectivity index (χ0v) is 13.9. The van der Waals surface area contributed by atoms with Crippen molar-refractivity contribution >= 4 is 48.9 Å². The highest BCUT2D eigenvalue weighted by atomic mass is 79.9. The number of nitrogens with one attached hydrogen (secondary N) is 1. The van der Waals surface area contributed by atoms with Crippen LogP contribution in [0.15, 0.2) is 26.5 Å². The molecular formula is C13H9Br2FN2S. The molecule has 2 nitrogen and oxygen atoms in total. The maximum atomic E-state index is 13.6. The fourth-order valence-corrected chi connectivity index (χ4v) is 3.70. The monoisotopic (exact) mass is 402 g/mol. The molecule has 1 heterocycles. The molecule has 0 aliphatic carbocycles. The molecule has 0 radical (unpaired) electrons.